The van der Waals surface area contributed by atoms with E-state index in [1.54, 1.807) is 0 Å². The van der Waals surface area contributed by atoms with Crippen molar-refractivity contribution in [2.24, 2.45) is 0 Å². The molecule has 0 radical (unpaired) electrons. The molecular formula is C21H25N7. The van der Waals surface area contributed by atoms with Crippen LogP contribution in [0, 0.1) is 0 Å². The van der Waals surface area contributed by atoms with Gasteiger partial charge in [-0.05, 0) is 32.6 Å². The van der Waals surface area contributed by atoms with Gasteiger partial charge in [0.1, 0.15) is 0 Å². The van der Waals surface area contributed by atoms with E-state index in [-0.39, 0.29) is 0 Å². The van der Waals surface area contributed by atoms with E-state index in [0.717, 1.165) is 65.3 Å². The summed E-state index contributed by atoms with van der Waals surface area (Å²) in [5, 5.41) is 4.48. The van der Waals surface area contributed by atoms with Crippen LogP contribution in [-0.4, -0.2) is 50.3 Å². The standard InChI is InChI=1S/C21H25N7/c1-4-16-10-20(26-21(22)25-16)17-5-6-19-18(17)9-14(11-23-19)15-12-24-28(13-15)8-7-27(2)3/h5,9-13H,4,6-8H2,1-3H3,(H2,22,25,26). The van der Waals surface area contributed by atoms with E-state index in [1.807, 2.05) is 23.1 Å². The number of hydrogen-bond acceptors (Lipinski definition) is 6. The number of anilines is 1. The number of likely N-dealkylation sites (N-methyl/N-ethyl adjacent to an activating group) is 1. The third kappa shape index (κ3) is 3.66. The molecule has 0 saturated heterocycles. The Labute approximate surface area is 165 Å². The van der Waals surface area contributed by atoms with E-state index in [2.05, 4.69) is 64.3 Å². The zero-order valence-electron chi connectivity index (χ0n) is 16.6. The molecule has 3 aromatic rings. The van der Waals surface area contributed by atoms with Gasteiger partial charge in [0.25, 0.3) is 0 Å². The van der Waals surface area contributed by atoms with Crippen LogP contribution >= 0.6 is 0 Å². The Balaban J connectivity index is 1.65. The zero-order valence-corrected chi connectivity index (χ0v) is 16.6. The number of pyridine rings is 1. The van der Waals surface area contributed by atoms with Gasteiger partial charge in [-0.3, -0.25) is 9.67 Å². The monoisotopic (exact) mass is 375 g/mol. The van der Waals surface area contributed by atoms with Crippen molar-refractivity contribution < 1.29 is 0 Å². The number of nitrogens with zero attached hydrogens (tertiary/aromatic N) is 6. The van der Waals surface area contributed by atoms with Crippen LogP contribution < -0.4 is 5.73 Å². The van der Waals surface area contributed by atoms with Crippen molar-refractivity contribution in [3.05, 3.63) is 59.4 Å². The summed E-state index contributed by atoms with van der Waals surface area (Å²) in [6.07, 6.45) is 9.69. The quantitative estimate of drug-likeness (QED) is 0.712. The molecule has 0 aromatic carbocycles. The molecule has 0 bridgehead atoms. The lowest BCUT2D eigenvalue weighted by Gasteiger charge is -2.09. The Morgan fingerprint density at radius 2 is 2.00 bits per heavy atom. The molecule has 28 heavy (non-hydrogen) atoms. The van der Waals surface area contributed by atoms with Gasteiger partial charge in [0.15, 0.2) is 0 Å². The van der Waals surface area contributed by atoms with Crippen LogP contribution in [0.2, 0.25) is 0 Å². The van der Waals surface area contributed by atoms with Gasteiger partial charge in [-0.15, -0.1) is 0 Å². The lowest BCUT2D eigenvalue weighted by atomic mass is 10.0. The van der Waals surface area contributed by atoms with Crippen molar-refractivity contribution in [1.29, 1.82) is 0 Å². The molecular weight excluding hydrogens is 350 g/mol. The number of allylic oxidation sites excluding steroid dienone is 1. The summed E-state index contributed by atoms with van der Waals surface area (Å²) in [7, 11) is 4.12. The number of rotatable bonds is 6. The average molecular weight is 375 g/mol. The molecule has 7 heteroatoms. The molecule has 0 amide bonds. The number of hydrogen-bond donors (Lipinski definition) is 1. The topological polar surface area (TPSA) is 85.8 Å². The molecule has 0 unspecified atom stereocenters. The fourth-order valence-corrected chi connectivity index (χ4v) is 3.37. The summed E-state index contributed by atoms with van der Waals surface area (Å²) in [5.74, 6) is 0.315. The van der Waals surface area contributed by atoms with Gasteiger partial charge in [-0.1, -0.05) is 13.0 Å². The maximum absolute atomic E-state index is 5.92. The zero-order chi connectivity index (χ0) is 19.7. The summed E-state index contributed by atoms with van der Waals surface area (Å²) >= 11 is 0. The average Bonchev–Trinajstić information content (AvgIpc) is 3.32. The van der Waals surface area contributed by atoms with Crippen molar-refractivity contribution in [3.63, 3.8) is 0 Å². The van der Waals surface area contributed by atoms with Crippen molar-refractivity contribution in [2.45, 2.75) is 26.3 Å². The van der Waals surface area contributed by atoms with Crippen molar-refractivity contribution in [2.75, 3.05) is 26.4 Å². The maximum Gasteiger partial charge on any atom is 0.220 e. The van der Waals surface area contributed by atoms with E-state index in [1.165, 1.54) is 0 Å². The lowest BCUT2D eigenvalue weighted by Crippen LogP contribution is -2.18. The third-order valence-corrected chi connectivity index (χ3v) is 4.94. The molecule has 0 atom stereocenters. The van der Waals surface area contributed by atoms with E-state index < -0.39 is 0 Å². The number of nitrogen functional groups attached to an aromatic ring is 1. The second kappa shape index (κ2) is 7.52. The van der Waals surface area contributed by atoms with Gasteiger partial charge >= 0.3 is 0 Å². The summed E-state index contributed by atoms with van der Waals surface area (Å²) in [6, 6.07) is 4.20. The summed E-state index contributed by atoms with van der Waals surface area (Å²) in [5.41, 5.74) is 13.1. The van der Waals surface area contributed by atoms with Crippen molar-refractivity contribution in [1.82, 2.24) is 29.6 Å². The normalized spacial score (nSPS) is 13.1. The van der Waals surface area contributed by atoms with E-state index in [0.29, 0.717) is 5.95 Å². The van der Waals surface area contributed by atoms with Crippen LogP contribution in [0.5, 0.6) is 0 Å². The van der Waals surface area contributed by atoms with Crippen LogP contribution in [0.15, 0.2) is 36.8 Å². The highest BCUT2D eigenvalue weighted by Gasteiger charge is 2.20. The molecule has 0 saturated carbocycles. The highest BCUT2D eigenvalue weighted by atomic mass is 15.3. The van der Waals surface area contributed by atoms with E-state index >= 15 is 0 Å². The maximum atomic E-state index is 5.92. The predicted octanol–water partition coefficient (Wildman–Crippen LogP) is 2.43. The molecule has 0 spiro atoms. The second-order valence-corrected chi connectivity index (χ2v) is 7.29. The van der Waals surface area contributed by atoms with Crippen LogP contribution in [0.1, 0.15) is 29.6 Å². The number of nitrogens with two attached hydrogens (primary N) is 1. The number of aromatic nitrogens is 5. The van der Waals surface area contributed by atoms with E-state index in [9.17, 15) is 0 Å². The molecule has 3 heterocycles. The lowest BCUT2D eigenvalue weighted by molar-refractivity contribution is 0.373. The summed E-state index contributed by atoms with van der Waals surface area (Å²) < 4.78 is 1.97. The van der Waals surface area contributed by atoms with Crippen molar-refractivity contribution in [3.8, 4) is 11.1 Å². The molecule has 4 rings (SSSR count). The highest BCUT2D eigenvalue weighted by molar-refractivity contribution is 5.84. The molecule has 7 nitrogen and oxygen atoms in total. The molecule has 144 valence electrons. The Kier molecular flexibility index (Phi) is 4.92. The van der Waals surface area contributed by atoms with Crippen LogP contribution in [0.25, 0.3) is 16.7 Å². The fourth-order valence-electron chi connectivity index (χ4n) is 3.37. The molecule has 0 aliphatic heterocycles. The smallest absolute Gasteiger partial charge is 0.220 e. The highest BCUT2D eigenvalue weighted by Crippen LogP contribution is 2.34. The first kappa shape index (κ1) is 18.3. The van der Waals surface area contributed by atoms with E-state index in [4.69, 9.17) is 5.73 Å². The molecule has 1 aliphatic rings. The predicted molar refractivity (Wildman–Crippen MR) is 111 cm³/mol. The SMILES string of the molecule is CCc1cc(C2=CCc3ncc(-c4cnn(CCN(C)C)c4)cc32)nc(N)n1. The Bertz CT molecular complexity index is 1030. The van der Waals surface area contributed by atoms with Gasteiger partial charge in [0.05, 0.1) is 24.1 Å². The minimum atomic E-state index is 0.315. The first-order valence-electron chi connectivity index (χ1n) is 9.54. The Hall–Kier alpha value is -3.06. The van der Waals surface area contributed by atoms with Crippen LogP contribution in [-0.2, 0) is 19.4 Å². The number of aryl methyl sites for hydroxylation is 1. The Morgan fingerprint density at radius 3 is 2.79 bits per heavy atom. The molecule has 0 fully saturated rings. The van der Waals surface area contributed by atoms with Gasteiger partial charge in [-0.25, -0.2) is 9.97 Å². The second-order valence-electron chi connectivity index (χ2n) is 7.29. The van der Waals surface area contributed by atoms with Gasteiger partial charge < -0.3 is 10.6 Å². The minimum Gasteiger partial charge on any atom is -0.368 e. The number of fused-ring (bicyclic) bond motifs is 1. The van der Waals surface area contributed by atoms with Gasteiger partial charge in [0.2, 0.25) is 5.95 Å². The first-order chi connectivity index (χ1) is 13.5. The van der Waals surface area contributed by atoms with Gasteiger partial charge in [0, 0.05) is 53.3 Å². The van der Waals surface area contributed by atoms with Crippen LogP contribution in [0.3, 0.4) is 0 Å². The molecule has 3 aromatic heterocycles. The van der Waals surface area contributed by atoms with Gasteiger partial charge in [-0.2, -0.15) is 5.10 Å². The fraction of sp³-hybridized carbons (Fsp3) is 0.333. The van der Waals surface area contributed by atoms with Crippen molar-refractivity contribution >= 4 is 11.5 Å². The first-order valence-corrected chi connectivity index (χ1v) is 9.54. The largest absolute Gasteiger partial charge is 0.368 e. The Morgan fingerprint density at radius 1 is 1.14 bits per heavy atom. The summed E-state index contributed by atoms with van der Waals surface area (Å²) in [4.78, 5) is 15.6. The minimum absolute atomic E-state index is 0.315. The molecule has 2 N–H and O–H groups in total. The summed E-state index contributed by atoms with van der Waals surface area (Å²) in [6.45, 7) is 3.87. The molecule has 1 aliphatic carbocycles. The van der Waals surface area contributed by atoms with Crippen LogP contribution in [0.4, 0.5) is 5.95 Å². The third-order valence-electron chi connectivity index (χ3n) is 4.94.